The highest BCUT2D eigenvalue weighted by molar-refractivity contribution is 6.31. The normalized spacial score (nSPS) is 13.5. The van der Waals surface area contributed by atoms with Gasteiger partial charge in [-0.1, -0.05) is 28.9 Å². The van der Waals surface area contributed by atoms with E-state index in [-0.39, 0.29) is 11.9 Å². The number of halogens is 1. The van der Waals surface area contributed by atoms with Crippen molar-refractivity contribution < 1.29 is 9.94 Å². The number of nitrogens with zero attached hydrogens (tertiary/aromatic N) is 1. The maximum absolute atomic E-state index is 8.60. The van der Waals surface area contributed by atoms with Crippen molar-refractivity contribution in [3.05, 3.63) is 34.3 Å². The Hall–Kier alpha value is -1.30. The maximum Gasteiger partial charge on any atom is 0.170 e. The first-order chi connectivity index (χ1) is 9.08. The van der Waals surface area contributed by atoms with E-state index in [1.54, 1.807) is 12.1 Å². The van der Waals surface area contributed by atoms with Crippen molar-refractivity contribution in [2.24, 2.45) is 10.9 Å². The molecule has 0 aromatic heterocycles. The Labute approximate surface area is 118 Å². The van der Waals surface area contributed by atoms with Gasteiger partial charge in [0.2, 0.25) is 0 Å². The van der Waals surface area contributed by atoms with Crippen molar-refractivity contribution in [1.29, 1.82) is 0 Å². The fourth-order valence-corrected chi connectivity index (χ4v) is 1.91. The molecule has 1 aromatic carbocycles. The number of nitrogens with two attached hydrogens (primary N) is 1. The molecule has 0 aliphatic rings. The van der Waals surface area contributed by atoms with E-state index in [0.717, 1.165) is 12.1 Å². The third-order valence-electron chi connectivity index (χ3n) is 2.65. The van der Waals surface area contributed by atoms with Gasteiger partial charge in [0.05, 0.1) is 6.10 Å². The van der Waals surface area contributed by atoms with Crippen LogP contribution < -0.4 is 11.1 Å². The third kappa shape index (κ3) is 5.06. The van der Waals surface area contributed by atoms with Crippen LogP contribution in [0.5, 0.6) is 0 Å². The first kappa shape index (κ1) is 15.8. The van der Waals surface area contributed by atoms with Crippen LogP contribution in [-0.4, -0.2) is 30.3 Å². The van der Waals surface area contributed by atoms with E-state index in [1.807, 2.05) is 19.9 Å². The highest BCUT2D eigenvalue weighted by Gasteiger charge is 2.06. The number of ether oxygens (including phenoxy) is 1. The molecule has 0 spiro atoms. The van der Waals surface area contributed by atoms with Gasteiger partial charge < -0.3 is 21.0 Å². The van der Waals surface area contributed by atoms with Crippen LogP contribution >= 0.6 is 11.6 Å². The van der Waals surface area contributed by atoms with Gasteiger partial charge in [-0.15, -0.1) is 0 Å². The molecule has 0 saturated heterocycles. The van der Waals surface area contributed by atoms with Gasteiger partial charge in [-0.25, -0.2) is 0 Å². The number of hydrogen-bond acceptors (Lipinski definition) is 4. The predicted octanol–water partition coefficient (Wildman–Crippen LogP) is 1.95. The third-order valence-corrected chi connectivity index (χ3v) is 3.01. The average Bonchev–Trinajstić information content (AvgIpc) is 2.40. The topological polar surface area (TPSA) is 79.9 Å². The zero-order valence-corrected chi connectivity index (χ0v) is 11.9. The fraction of sp³-hybridized carbons (Fsp3) is 0.462. The van der Waals surface area contributed by atoms with E-state index in [9.17, 15) is 0 Å². The van der Waals surface area contributed by atoms with E-state index in [1.165, 1.54) is 0 Å². The molecule has 5 nitrogen and oxygen atoms in total. The molecule has 1 atom stereocenters. The Morgan fingerprint density at radius 3 is 2.89 bits per heavy atom. The second-order valence-electron chi connectivity index (χ2n) is 4.19. The van der Waals surface area contributed by atoms with Crippen molar-refractivity contribution in [3.8, 4) is 0 Å². The molecular weight excluding hydrogens is 266 g/mol. The summed E-state index contributed by atoms with van der Waals surface area (Å²) in [6, 6.07) is 5.30. The lowest BCUT2D eigenvalue weighted by atomic mass is 10.1. The second-order valence-corrected chi connectivity index (χ2v) is 4.60. The van der Waals surface area contributed by atoms with Crippen molar-refractivity contribution in [3.63, 3.8) is 0 Å². The summed E-state index contributed by atoms with van der Waals surface area (Å²) in [4.78, 5) is 0. The molecule has 1 unspecified atom stereocenters. The van der Waals surface area contributed by atoms with Crippen LogP contribution in [0.3, 0.4) is 0 Å². The molecule has 0 fully saturated rings. The Kier molecular flexibility index (Phi) is 6.62. The SMILES string of the molecule is CCOC(C)CNCc1ccc(/C(N)=N/O)cc1Cl. The largest absolute Gasteiger partial charge is 0.409 e. The molecule has 0 saturated carbocycles. The summed E-state index contributed by atoms with van der Waals surface area (Å²) in [5.74, 6) is 0.0476. The van der Waals surface area contributed by atoms with Gasteiger partial charge in [-0.3, -0.25) is 0 Å². The Bertz CT molecular complexity index is 438. The molecule has 0 heterocycles. The van der Waals surface area contributed by atoms with Crippen molar-refractivity contribution >= 4 is 17.4 Å². The first-order valence-electron chi connectivity index (χ1n) is 6.17. The van der Waals surface area contributed by atoms with Crippen LogP contribution in [0.2, 0.25) is 5.02 Å². The number of nitrogens with one attached hydrogen (secondary N) is 1. The van der Waals surface area contributed by atoms with Crippen LogP contribution in [0.25, 0.3) is 0 Å². The minimum absolute atomic E-state index is 0.0476. The summed E-state index contributed by atoms with van der Waals surface area (Å²) in [5, 5.41) is 15.4. The van der Waals surface area contributed by atoms with Crippen LogP contribution in [0.1, 0.15) is 25.0 Å². The molecular formula is C13H20ClN3O2. The van der Waals surface area contributed by atoms with Crippen LogP contribution in [-0.2, 0) is 11.3 Å². The van der Waals surface area contributed by atoms with E-state index in [4.69, 9.17) is 27.3 Å². The lowest BCUT2D eigenvalue weighted by molar-refractivity contribution is 0.0759. The first-order valence-corrected chi connectivity index (χ1v) is 6.55. The quantitative estimate of drug-likeness (QED) is 0.310. The zero-order chi connectivity index (χ0) is 14.3. The van der Waals surface area contributed by atoms with Gasteiger partial charge in [-0.05, 0) is 25.5 Å². The van der Waals surface area contributed by atoms with Crippen molar-refractivity contribution in [1.82, 2.24) is 5.32 Å². The maximum atomic E-state index is 8.60. The molecule has 0 amide bonds. The van der Waals surface area contributed by atoms with Gasteiger partial charge in [0.25, 0.3) is 0 Å². The van der Waals surface area contributed by atoms with Gasteiger partial charge in [0, 0.05) is 30.3 Å². The zero-order valence-electron chi connectivity index (χ0n) is 11.2. The summed E-state index contributed by atoms with van der Waals surface area (Å²) in [7, 11) is 0. The monoisotopic (exact) mass is 285 g/mol. The minimum atomic E-state index is 0.0476. The number of amidine groups is 1. The summed E-state index contributed by atoms with van der Waals surface area (Å²) in [5.41, 5.74) is 7.05. The second kappa shape index (κ2) is 7.99. The highest BCUT2D eigenvalue weighted by atomic mass is 35.5. The minimum Gasteiger partial charge on any atom is -0.409 e. The number of rotatable bonds is 7. The highest BCUT2D eigenvalue weighted by Crippen LogP contribution is 2.17. The van der Waals surface area contributed by atoms with Crippen LogP contribution in [0.4, 0.5) is 0 Å². The Balaban J connectivity index is 2.56. The molecule has 0 bridgehead atoms. The smallest absolute Gasteiger partial charge is 0.170 e. The Morgan fingerprint density at radius 2 is 2.32 bits per heavy atom. The van der Waals surface area contributed by atoms with Crippen molar-refractivity contribution in [2.75, 3.05) is 13.2 Å². The lowest BCUT2D eigenvalue weighted by Crippen LogP contribution is -2.26. The number of oxime groups is 1. The van der Waals surface area contributed by atoms with Gasteiger partial charge >= 0.3 is 0 Å². The van der Waals surface area contributed by atoms with Gasteiger partial charge in [-0.2, -0.15) is 0 Å². The predicted molar refractivity (Wildman–Crippen MR) is 76.8 cm³/mol. The van der Waals surface area contributed by atoms with Gasteiger partial charge in [0.1, 0.15) is 0 Å². The molecule has 0 radical (unpaired) electrons. The average molecular weight is 286 g/mol. The molecule has 106 valence electrons. The van der Waals surface area contributed by atoms with E-state index >= 15 is 0 Å². The molecule has 6 heteroatoms. The van der Waals surface area contributed by atoms with Crippen molar-refractivity contribution in [2.45, 2.75) is 26.5 Å². The summed E-state index contributed by atoms with van der Waals surface area (Å²) < 4.78 is 5.42. The number of hydrogen-bond donors (Lipinski definition) is 3. The summed E-state index contributed by atoms with van der Waals surface area (Å²) in [6.07, 6.45) is 0.167. The Morgan fingerprint density at radius 1 is 1.58 bits per heavy atom. The standard InChI is InChI=1S/C13H20ClN3O2/c1-3-19-9(2)7-16-8-11-5-4-10(6-12(11)14)13(15)17-18/h4-6,9,16,18H,3,7-8H2,1-2H3,(H2,15,17). The van der Waals surface area contributed by atoms with Gasteiger partial charge in [0.15, 0.2) is 5.84 Å². The van der Waals surface area contributed by atoms with E-state index in [2.05, 4.69) is 10.5 Å². The summed E-state index contributed by atoms with van der Waals surface area (Å²) >= 11 is 6.14. The summed E-state index contributed by atoms with van der Waals surface area (Å²) in [6.45, 7) is 6.09. The molecule has 0 aliphatic carbocycles. The number of benzene rings is 1. The van der Waals surface area contributed by atoms with Crippen LogP contribution in [0.15, 0.2) is 23.4 Å². The van der Waals surface area contributed by atoms with Crippen LogP contribution in [0, 0.1) is 0 Å². The molecule has 1 rings (SSSR count). The fourth-order valence-electron chi connectivity index (χ4n) is 1.66. The molecule has 0 aliphatic heterocycles. The molecule has 4 N–H and O–H groups in total. The van der Waals surface area contributed by atoms with E-state index < -0.39 is 0 Å². The molecule has 1 aromatic rings. The molecule has 19 heavy (non-hydrogen) atoms. The van der Waals surface area contributed by atoms with E-state index in [0.29, 0.717) is 23.7 Å². The lowest BCUT2D eigenvalue weighted by Gasteiger charge is -2.13.